The van der Waals surface area contributed by atoms with E-state index < -0.39 is 0 Å². The maximum absolute atomic E-state index is 13.3. The number of anilines is 1. The summed E-state index contributed by atoms with van der Waals surface area (Å²) >= 11 is 5.83. The van der Waals surface area contributed by atoms with Crippen molar-refractivity contribution in [2.24, 2.45) is 0 Å². The van der Waals surface area contributed by atoms with Crippen LogP contribution < -0.4 is 4.90 Å². The van der Waals surface area contributed by atoms with Gasteiger partial charge in [0, 0.05) is 36.9 Å². The van der Waals surface area contributed by atoms with E-state index in [9.17, 15) is 9.18 Å². The summed E-state index contributed by atoms with van der Waals surface area (Å²) in [5.74, 6) is -0.408. The minimum Gasteiger partial charge on any atom is -0.368 e. The highest BCUT2D eigenvalue weighted by Crippen LogP contribution is 2.22. The average molecular weight is 269 g/mol. The first-order valence-corrected chi connectivity index (χ1v) is 6.10. The van der Waals surface area contributed by atoms with Crippen LogP contribution in [-0.2, 0) is 4.79 Å². The Morgan fingerprint density at radius 3 is 2.50 bits per heavy atom. The first kappa shape index (κ1) is 12.9. The lowest BCUT2D eigenvalue weighted by Crippen LogP contribution is -2.48. The normalized spacial score (nSPS) is 15.7. The van der Waals surface area contributed by atoms with Gasteiger partial charge in [-0.3, -0.25) is 4.79 Å². The molecule has 0 bridgehead atoms. The van der Waals surface area contributed by atoms with Crippen LogP contribution in [0.2, 0.25) is 5.02 Å². The molecule has 1 amide bonds. The molecule has 18 heavy (non-hydrogen) atoms. The van der Waals surface area contributed by atoms with Crippen LogP contribution in [0, 0.1) is 5.82 Å². The number of piperazine rings is 1. The van der Waals surface area contributed by atoms with Crippen molar-refractivity contribution in [1.29, 1.82) is 0 Å². The lowest BCUT2D eigenvalue weighted by Gasteiger charge is -2.35. The molecule has 1 saturated heterocycles. The zero-order valence-corrected chi connectivity index (χ0v) is 10.7. The van der Waals surface area contributed by atoms with Gasteiger partial charge in [0.2, 0.25) is 5.91 Å². The standard InChI is InChI=1S/C13H14ClFN2O/c1-2-13(18)17-5-3-16(4-6-17)12-8-10(14)7-11(15)9-12/h2,7-9H,1,3-6H2. The lowest BCUT2D eigenvalue weighted by molar-refractivity contribution is -0.126. The van der Waals surface area contributed by atoms with Crippen molar-refractivity contribution in [2.75, 3.05) is 31.1 Å². The smallest absolute Gasteiger partial charge is 0.246 e. The molecule has 1 aliphatic heterocycles. The van der Waals surface area contributed by atoms with Gasteiger partial charge in [-0.1, -0.05) is 18.2 Å². The van der Waals surface area contributed by atoms with Crippen LogP contribution in [0.1, 0.15) is 0 Å². The van der Waals surface area contributed by atoms with Gasteiger partial charge in [0.05, 0.1) is 0 Å². The Hall–Kier alpha value is -1.55. The van der Waals surface area contributed by atoms with Gasteiger partial charge in [-0.2, -0.15) is 0 Å². The summed E-state index contributed by atoms with van der Waals surface area (Å²) in [6.07, 6.45) is 1.31. The highest BCUT2D eigenvalue weighted by Gasteiger charge is 2.20. The van der Waals surface area contributed by atoms with E-state index in [1.54, 1.807) is 11.0 Å². The molecular weight excluding hydrogens is 255 g/mol. The van der Waals surface area contributed by atoms with Crippen molar-refractivity contribution in [1.82, 2.24) is 4.90 Å². The van der Waals surface area contributed by atoms with Crippen LogP contribution in [0.5, 0.6) is 0 Å². The van der Waals surface area contributed by atoms with Gasteiger partial charge in [-0.15, -0.1) is 0 Å². The lowest BCUT2D eigenvalue weighted by atomic mass is 10.2. The Labute approximate surface area is 110 Å². The molecule has 3 nitrogen and oxygen atoms in total. The second-order valence-electron chi connectivity index (χ2n) is 4.14. The number of halogens is 2. The molecule has 0 radical (unpaired) electrons. The maximum Gasteiger partial charge on any atom is 0.246 e. The molecule has 5 heteroatoms. The van der Waals surface area contributed by atoms with Gasteiger partial charge >= 0.3 is 0 Å². The molecule has 0 atom stereocenters. The molecule has 0 aliphatic carbocycles. The third-order valence-corrected chi connectivity index (χ3v) is 3.20. The largest absolute Gasteiger partial charge is 0.368 e. The Morgan fingerprint density at radius 1 is 1.28 bits per heavy atom. The predicted octanol–water partition coefficient (Wildman–Crippen LogP) is 2.31. The van der Waals surface area contributed by atoms with E-state index in [1.807, 2.05) is 4.90 Å². The van der Waals surface area contributed by atoms with Crippen molar-refractivity contribution in [2.45, 2.75) is 0 Å². The SMILES string of the molecule is C=CC(=O)N1CCN(c2cc(F)cc(Cl)c2)CC1. The Bertz CT molecular complexity index is 450. The molecule has 2 rings (SSSR count). The zero-order valence-electron chi connectivity index (χ0n) is 9.90. The second kappa shape index (κ2) is 5.40. The van der Waals surface area contributed by atoms with E-state index in [4.69, 9.17) is 11.6 Å². The first-order valence-electron chi connectivity index (χ1n) is 5.72. The molecule has 0 unspecified atom stereocenters. The fraction of sp³-hybridized carbons (Fsp3) is 0.308. The summed E-state index contributed by atoms with van der Waals surface area (Å²) in [5.41, 5.74) is 0.755. The number of hydrogen-bond acceptors (Lipinski definition) is 2. The maximum atomic E-state index is 13.3. The molecule has 0 spiro atoms. The number of carbonyl (C=O) groups is 1. The summed E-state index contributed by atoms with van der Waals surface area (Å²) in [5, 5.41) is 0.384. The quantitative estimate of drug-likeness (QED) is 0.769. The fourth-order valence-corrected chi connectivity index (χ4v) is 2.25. The summed E-state index contributed by atoms with van der Waals surface area (Å²) in [6, 6.07) is 4.47. The highest BCUT2D eigenvalue weighted by atomic mass is 35.5. The van der Waals surface area contributed by atoms with Crippen molar-refractivity contribution in [3.8, 4) is 0 Å². The van der Waals surface area contributed by atoms with E-state index in [0.717, 1.165) is 5.69 Å². The minimum atomic E-state index is -0.345. The van der Waals surface area contributed by atoms with E-state index in [-0.39, 0.29) is 11.7 Å². The van der Waals surface area contributed by atoms with Gasteiger partial charge in [-0.05, 0) is 24.3 Å². The molecule has 1 aromatic carbocycles. The third-order valence-electron chi connectivity index (χ3n) is 2.98. The van der Waals surface area contributed by atoms with Crippen LogP contribution in [0.25, 0.3) is 0 Å². The van der Waals surface area contributed by atoms with Gasteiger partial charge < -0.3 is 9.80 Å². The Kier molecular flexibility index (Phi) is 3.87. The summed E-state index contributed by atoms with van der Waals surface area (Å²) < 4.78 is 13.3. The van der Waals surface area contributed by atoms with Crippen LogP contribution in [0.15, 0.2) is 30.9 Å². The third kappa shape index (κ3) is 2.82. The Balaban J connectivity index is 2.05. The van der Waals surface area contributed by atoms with Gasteiger partial charge in [0.1, 0.15) is 5.82 Å². The molecule has 96 valence electrons. The number of nitrogens with zero attached hydrogens (tertiary/aromatic N) is 2. The molecule has 0 N–H and O–H groups in total. The van der Waals surface area contributed by atoms with Crippen molar-refractivity contribution in [3.05, 3.63) is 41.7 Å². The molecule has 1 heterocycles. The van der Waals surface area contributed by atoms with Crippen LogP contribution in [0.3, 0.4) is 0 Å². The number of amides is 1. The van der Waals surface area contributed by atoms with E-state index in [0.29, 0.717) is 31.2 Å². The van der Waals surface area contributed by atoms with Gasteiger partial charge in [0.25, 0.3) is 0 Å². The molecule has 1 aromatic rings. The van der Waals surface area contributed by atoms with E-state index >= 15 is 0 Å². The van der Waals surface area contributed by atoms with Crippen LogP contribution in [0.4, 0.5) is 10.1 Å². The van der Waals surface area contributed by atoms with Crippen molar-refractivity contribution < 1.29 is 9.18 Å². The number of hydrogen-bond donors (Lipinski definition) is 0. The van der Waals surface area contributed by atoms with E-state index in [2.05, 4.69) is 6.58 Å². The van der Waals surface area contributed by atoms with Crippen molar-refractivity contribution in [3.63, 3.8) is 0 Å². The molecule has 0 saturated carbocycles. The zero-order chi connectivity index (χ0) is 13.1. The average Bonchev–Trinajstić information content (AvgIpc) is 2.37. The van der Waals surface area contributed by atoms with Gasteiger partial charge in [0.15, 0.2) is 0 Å². The number of carbonyl (C=O) groups excluding carboxylic acids is 1. The topological polar surface area (TPSA) is 23.6 Å². The summed E-state index contributed by atoms with van der Waals surface area (Å²) in [4.78, 5) is 15.2. The van der Waals surface area contributed by atoms with Crippen LogP contribution >= 0.6 is 11.6 Å². The monoisotopic (exact) mass is 268 g/mol. The van der Waals surface area contributed by atoms with Crippen molar-refractivity contribution >= 4 is 23.2 Å². The molecule has 1 aliphatic rings. The first-order chi connectivity index (χ1) is 8.60. The predicted molar refractivity (Wildman–Crippen MR) is 70.4 cm³/mol. The highest BCUT2D eigenvalue weighted by molar-refractivity contribution is 6.30. The second-order valence-corrected chi connectivity index (χ2v) is 4.58. The Morgan fingerprint density at radius 2 is 1.94 bits per heavy atom. The van der Waals surface area contributed by atoms with Crippen LogP contribution in [-0.4, -0.2) is 37.0 Å². The molecule has 1 fully saturated rings. The number of benzene rings is 1. The number of rotatable bonds is 2. The molecule has 0 aromatic heterocycles. The van der Waals surface area contributed by atoms with E-state index in [1.165, 1.54) is 18.2 Å². The summed E-state index contributed by atoms with van der Waals surface area (Å²) in [7, 11) is 0. The fourth-order valence-electron chi connectivity index (χ4n) is 2.04. The molecular formula is C13H14ClFN2O. The minimum absolute atomic E-state index is 0.0630. The van der Waals surface area contributed by atoms with Gasteiger partial charge in [-0.25, -0.2) is 4.39 Å². The summed E-state index contributed by atoms with van der Waals surface area (Å²) in [6.45, 7) is 6.02.